The Morgan fingerprint density at radius 2 is 1.96 bits per heavy atom. The van der Waals surface area contributed by atoms with Gasteiger partial charge in [-0.15, -0.1) is 0 Å². The molecule has 1 aliphatic heterocycles. The van der Waals surface area contributed by atoms with Crippen molar-refractivity contribution < 1.29 is 13.5 Å². The number of fused-ring (bicyclic) bond motifs is 1. The minimum Gasteiger partial charge on any atom is -0.391 e. The van der Waals surface area contributed by atoms with Crippen LogP contribution in [0.25, 0.3) is 16.9 Å². The molecule has 3 heterocycles. The third-order valence-corrected chi connectivity index (χ3v) is 5.58. The van der Waals surface area contributed by atoms with E-state index >= 15 is 0 Å². The quantitative estimate of drug-likeness (QED) is 0.761. The summed E-state index contributed by atoms with van der Waals surface area (Å²) in [4.78, 5) is 11.2. The SMILES string of the molecule is CS(=O)(=O)c1ccc(-c2cnc3c(N4CCC(O)C4)nccn23)cc1. The number of aliphatic hydroxyl groups is 1. The van der Waals surface area contributed by atoms with E-state index in [4.69, 9.17) is 0 Å². The van der Waals surface area contributed by atoms with E-state index in [1.807, 2.05) is 15.5 Å². The van der Waals surface area contributed by atoms with Gasteiger partial charge >= 0.3 is 0 Å². The summed E-state index contributed by atoms with van der Waals surface area (Å²) in [6.07, 6.45) is 6.88. The molecule has 0 amide bonds. The molecular formula is C17H18N4O3S. The minimum atomic E-state index is -3.22. The molecule has 8 heteroatoms. The van der Waals surface area contributed by atoms with Gasteiger partial charge in [-0.2, -0.15) is 0 Å². The number of aliphatic hydroxyl groups excluding tert-OH is 1. The Kier molecular flexibility index (Phi) is 3.73. The van der Waals surface area contributed by atoms with Crippen molar-refractivity contribution in [2.45, 2.75) is 17.4 Å². The largest absolute Gasteiger partial charge is 0.391 e. The van der Waals surface area contributed by atoms with Gasteiger partial charge < -0.3 is 10.0 Å². The number of hydrogen-bond acceptors (Lipinski definition) is 6. The maximum absolute atomic E-state index is 11.6. The zero-order valence-electron chi connectivity index (χ0n) is 13.7. The molecule has 2 aromatic heterocycles. The van der Waals surface area contributed by atoms with Crippen molar-refractivity contribution in [3.05, 3.63) is 42.9 Å². The van der Waals surface area contributed by atoms with E-state index in [-0.39, 0.29) is 6.10 Å². The van der Waals surface area contributed by atoms with Crippen molar-refractivity contribution >= 4 is 21.3 Å². The first-order valence-electron chi connectivity index (χ1n) is 7.99. The summed E-state index contributed by atoms with van der Waals surface area (Å²) in [5.41, 5.74) is 2.45. The molecule has 4 rings (SSSR count). The number of rotatable bonds is 3. The van der Waals surface area contributed by atoms with Crippen LogP contribution in [-0.4, -0.2) is 53.3 Å². The molecule has 1 aliphatic rings. The Morgan fingerprint density at radius 1 is 1.20 bits per heavy atom. The highest BCUT2D eigenvalue weighted by molar-refractivity contribution is 7.90. The Morgan fingerprint density at radius 3 is 2.60 bits per heavy atom. The van der Waals surface area contributed by atoms with Crippen LogP contribution in [0.3, 0.4) is 0 Å². The summed E-state index contributed by atoms with van der Waals surface area (Å²) in [7, 11) is -3.22. The molecule has 7 nitrogen and oxygen atoms in total. The third kappa shape index (κ3) is 2.87. The molecule has 25 heavy (non-hydrogen) atoms. The van der Waals surface area contributed by atoms with Crippen LogP contribution in [0.5, 0.6) is 0 Å². The van der Waals surface area contributed by atoms with Crippen LogP contribution in [0.2, 0.25) is 0 Å². The normalized spacial score (nSPS) is 18.2. The third-order valence-electron chi connectivity index (χ3n) is 4.45. The summed E-state index contributed by atoms with van der Waals surface area (Å²) in [5.74, 6) is 0.748. The van der Waals surface area contributed by atoms with Crippen molar-refractivity contribution in [1.82, 2.24) is 14.4 Å². The number of hydrogen-bond donors (Lipinski definition) is 1. The molecule has 3 aromatic rings. The second-order valence-electron chi connectivity index (χ2n) is 6.27. The lowest BCUT2D eigenvalue weighted by atomic mass is 10.2. The van der Waals surface area contributed by atoms with Crippen molar-refractivity contribution in [2.75, 3.05) is 24.2 Å². The average molecular weight is 358 g/mol. The Bertz CT molecular complexity index is 1030. The molecule has 0 saturated carbocycles. The number of sulfone groups is 1. The highest BCUT2D eigenvalue weighted by Crippen LogP contribution is 2.27. The van der Waals surface area contributed by atoms with E-state index < -0.39 is 9.84 Å². The zero-order chi connectivity index (χ0) is 17.6. The minimum absolute atomic E-state index is 0.290. The van der Waals surface area contributed by atoms with Crippen LogP contribution < -0.4 is 4.90 Å². The summed E-state index contributed by atoms with van der Waals surface area (Å²) < 4.78 is 25.2. The van der Waals surface area contributed by atoms with Crippen molar-refractivity contribution in [3.8, 4) is 11.3 Å². The lowest BCUT2D eigenvalue weighted by Gasteiger charge is -2.17. The first-order valence-corrected chi connectivity index (χ1v) is 9.88. The Hall–Kier alpha value is -2.45. The predicted octanol–water partition coefficient (Wildman–Crippen LogP) is 1.37. The first kappa shape index (κ1) is 16.0. The van der Waals surface area contributed by atoms with Gasteiger partial charge in [-0.3, -0.25) is 4.40 Å². The van der Waals surface area contributed by atoms with Gasteiger partial charge in [0.25, 0.3) is 0 Å². The topological polar surface area (TPSA) is 87.8 Å². The van der Waals surface area contributed by atoms with Crippen LogP contribution in [0, 0.1) is 0 Å². The highest BCUT2D eigenvalue weighted by atomic mass is 32.2. The fourth-order valence-electron chi connectivity index (χ4n) is 3.15. The smallest absolute Gasteiger partial charge is 0.180 e. The van der Waals surface area contributed by atoms with Gasteiger partial charge in [0.2, 0.25) is 0 Å². The molecule has 0 bridgehead atoms. The van der Waals surface area contributed by atoms with E-state index in [2.05, 4.69) is 9.97 Å². The molecule has 1 saturated heterocycles. The number of benzene rings is 1. The lowest BCUT2D eigenvalue weighted by molar-refractivity contribution is 0.198. The molecule has 1 unspecified atom stereocenters. The number of anilines is 1. The molecule has 1 fully saturated rings. The van der Waals surface area contributed by atoms with E-state index in [0.717, 1.165) is 35.7 Å². The standard InChI is InChI=1S/C17H18N4O3S/c1-25(23,24)14-4-2-12(3-5-14)15-10-19-17-16(18-7-9-21(15)17)20-8-6-13(22)11-20/h2-5,7,9-10,13,22H,6,8,11H2,1H3. The summed E-state index contributed by atoms with van der Waals surface area (Å²) >= 11 is 0. The van der Waals surface area contributed by atoms with Gasteiger partial charge in [-0.05, 0) is 18.6 Å². The highest BCUT2D eigenvalue weighted by Gasteiger charge is 2.24. The average Bonchev–Trinajstić information content (AvgIpc) is 3.20. The molecule has 0 aliphatic carbocycles. The van der Waals surface area contributed by atoms with Gasteiger partial charge in [0, 0.05) is 37.3 Å². The maximum Gasteiger partial charge on any atom is 0.180 e. The molecule has 1 aromatic carbocycles. The molecule has 1 N–H and O–H groups in total. The van der Waals surface area contributed by atoms with Gasteiger partial charge in [0.05, 0.1) is 22.9 Å². The maximum atomic E-state index is 11.6. The molecule has 130 valence electrons. The molecule has 1 atom stereocenters. The van der Waals surface area contributed by atoms with E-state index in [0.29, 0.717) is 11.4 Å². The van der Waals surface area contributed by atoms with E-state index in [1.54, 1.807) is 36.7 Å². The van der Waals surface area contributed by atoms with Gasteiger partial charge in [0.1, 0.15) is 0 Å². The fraction of sp³-hybridized carbons (Fsp3) is 0.294. The van der Waals surface area contributed by atoms with Crippen molar-refractivity contribution in [2.24, 2.45) is 0 Å². The summed E-state index contributed by atoms with van der Waals surface area (Å²) in [6.45, 7) is 1.30. The molecule has 0 spiro atoms. The molecule has 0 radical (unpaired) electrons. The monoisotopic (exact) mass is 358 g/mol. The molecular weight excluding hydrogens is 340 g/mol. The summed E-state index contributed by atoms with van der Waals surface area (Å²) in [5, 5.41) is 9.76. The second-order valence-corrected chi connectivity index (χ2v) is 8.29. The van der Waals surface area contributed by atoms with Gasteiger partial charge in [-0.1, -0.05) is 12.1 Å². The fourth-order valence-corrected chi connectivity index (χ4v) is 3.78. The van der Waals surface area contributed by atoms with Crippen LogP contribution in [0.15, 0.2) is 47.8 Å². The lowest BCUT2D eigenvalue weighted by Crippen LogP contribution is -2.23. The van der Waals surface area contributed by atoms with Crippen LogP contribution in [0.4, 0.5) is 5.82 Å². The van der Waals surface area contributed by atoms with Crippen LogP contribution >= 0.6 is 0 Å². The van der Waals surface area contributed by atoms with Crippen molar-refractivity contribution in [1.29, 1.82) is 0 Å². The Labute approximate surface area is 145 Å². The van der Waals surface area contributed by atoms with Crippen molar-refractivity contribution in [3.63, 3.8) is 0 Å². The van der Waals surface area contributed by atoms with Gasteiger partial charge in [-0.25, -0.2) is 18.4 Å². The Balaban J connectivity index is 1.77. The van der Waals surface area contributed by atoms with E-state index in [1.165, 1.54) is 6.26 Å². The van der Waals surface area contributed by atoms with Gasteiger partial charge in [0.15, 0.2) is 21.3 Å². The predicted molar refractivity (Wildman–Crippen MR) is 94.4 cm³/mol. The number of aromatic nitrogens is 3. The number of nitrogens with zero attached hydrogens (tertiary/aromatic N) is 4. The van der Waals surface area contributed by atoms with E-state index in [9.17, 15) is 13.5 Å². The number of imidazole rings is 1. The number of β-amino-alcohol motifs (C(OH)–C–C–N with tert-alkyl or cyclic N) is 1. The van der Waals surface area contributed by atoms with Crippen LogP contribution in [0.1, 0.15) is 6.42 Å². The van der Waals surface area contributed by atoms with Crippen LogP contribution in [-0.2, 0) is 9.84 Å². The first-order chi connectivity index (χ1) is 11.9. The second kappa shape index (κ2) is 5.82. The zero-order valence-corrected chi connectivity index (χ0v) is 14.5. The summed E-state index contributed by atoms with van der Waals surface area (Å²) in [6, 6.07) is 6.76.